The molecule has 0 amide bonds. The van der Waals surface area contributed by atoms with Crippen molar-refractivity contribution in [2.24, 2.45) is 11.8 Å². The van der Waals surface area contributed by atoms with Crippen molar-refractivity contribution in [3.63, 3.8) is 0 Å². The Morgan fingerprint density at radius 2 is 1.67 bits per heavy atom. The van der Waals surface area contributed by atoms with Crippen LogP contribution in [-0.4, -0.2) is 63.0 Å². The van der Waals surface area contributed by atoms with Crippen LogP contribution in [-0.2, 0) is 9.47 Å². The standard InChI is InChI=1S/C17H34N2O2/c1-6-7-18-14-9-12(2)8-13(3)17(14)19-10-15(20-4)16(11-19)21-5/h12-18H,6-11H2,1-5H3. The highest BCUT2D eigenvalue weighted by atomic mass is 16.5. The smallest absolute Gasteiger partial charge is 0.0971 e. The van der Waals surface area contributed by atoms with Crippen LogP contribution in [0.25, 0.3) is 0 Å². The fraction of sp³-hybridized carbons (Fsp3) is 1.00. The molecule has 1 saturated heterocycles. The molecule has 0 aromatic carbocycles. The van der Waals surface area contributed by atoms with Gasteiger partial charge in [0.1, 0.15) is 0 Å². The van der Waals surface area contributed by atoms with Gasteiger partial charge in [0.05, 0.1) is 12.2 Å². The van der Waals surface area contributed by atoms with Crippen LogP contribution >= 0.6 is 0 Å². The highest BCUT2D eigenvalue weighted by Gasteiger charge is 2.43. The summed E-state index contributed by atoms with van der Waals surface area (Å²) >= 11 is 0. The summed E-state index contributed by atoms with van der Waals surface area (Å²) < 4.78 is 11.2. The van der Waals surface area contributed by atoms with Crippen molar-refractivity contribution >= 4 is 0 Å². The topological polar surface area (TPSA) is 33.7 Å². The highest BCUT2D eigenvalue weighted by molar-refractivity contribution is 4.99. The zero-order valence-electron chi connectivity index (χ0n) is 14.5. The quantitative estimate of drug-likeness (QED) is 0.814. The van der Waals surface area contributed by atoms with Crippen molar-refractivity contribution in [3.8, 4) is 0 Å². The molecule has 2 rings (SSSR count). The molecule has 4 nitrogen and oxygen atoms in total. The van der Waals surface area contributed by atoms with E-state index in [1.54, 1.807) is 14.2 Å². The minimum Gasteiger partial charge on any atom is -0.377 e. The first-order valence-electron chi connectivity index (χ1n) is 8.63. The molecular formula is C17H34N2O2. The highest BCUT2D eigenvalue weighted by Crippen LogP contribution is 2.34. The molecule has 1 heterocycles. The Morgan fingerprint density at radius 3 is 2.19 bits per heavy atom. The summed E-state index contributed by atoms with van der Waals surface area (Å²) in [6, 6.07) is 1.22. The van der Waals surface area contributed by atoms with Gasteiger partial charge in [-0.25, -0.2) is 0 Å². The second-order valence-corrected chi connectivity index (χ2v) is 7.11. The lowest BCUT2D eigenvalue weighted by atomic mass is 9.76. The summed E-state index contributed by atoms with van der Waals surface area (Å²) in [6.45, 7) is 10.2. The second-order valence-electron chi connectivity index (χ2n) is 7.11. The third kappa shape index (κ3) is 3.98. The number of hydrogen-bond donors (Lipinski definition) is 1. The Kier molecular flexibility index (Phi) is 6.48. The van der Waals surface area contributed by atoms with Crippen molar-refractivity contribution in [3.05, 3.63) is 0 Å². The number of methoxy groups -OCH3 is 2. The number of nitrogens with zero attached hydrogens (tertiary/aromatic N) is 1. The van der Waals surface area contributed by atoms with Crippen LogP contribution in [0, 0.1) is 11.8 Å². The van der Waals surface area contributed by atoms with E-state index in [0.717, 1.165) is 31.5 Å². The van der Waals surface area contributed by atoms with E-state index < -0.39 is 0 Å². The van der Waals surface area contributed by atoms with Gasteiger partial charge < -0.3 is 14.8 Å². The van der Waals surface area contributed by atoms with Gasteiger partial charge in [-0.1, -0.05) is 20.8 Å². The molecule has 1 saturated carbocycles. The van der Waals surface area contributed by atoms with Crippen LogP contribution in [0.2, 0.25) is 0 Å². The largest absolute Gasteiger partial charge is 0.377 e. The maximum absolute atomic E-state index is 5.62. The summed E-state index contributed by atoms with van der Waals surface area (Å²) in [7, 11) is 3.61. The summed E-state index contributed by atoms with van der Waals surface area (Å²) in [6.07, 6.45) is 4.26. The lowest BCUT2D eigenvalue weighted by Crippen LogP contribution is -2.56. The maximum Gasteiger partial charge on any atom is 0.0971 e. The zero-order chi connectivity index (χ0) is 15.4. The van der Waals surface area contributed by atoms with E-state index in [9.17, 15) is 0 Å². The maximum atomic E-state index is 5.62. The van der Waals surface area contributed by atoms with Gasteiger partial charge in [-0.2, -0.15) is 0 Å². The van der Waals surface area contributed by atoms with Crippen LogP contribution < -0.4 is 5.32 Å². The Labute approximate surface area is 130 Å². The molecule has 4 heteroatoms. The molecular weight excluding hydrogens is 264 g/mol. The predicted octanol–water partition coefficient (Wildman–Crippen LogP) is 2.13. The summed E-state index contributed by atoms with van der Waals surface area (Å²) in [5.41, 5.74) is 0. The molecule has 1 aliphatic heterocycles. The van der Waals surface area contributed by atoms with E-state index in [1.807, 2.05) is 0 Å². The van der Waals surface area contributed by atoms with Gasteiger partial charge in [0, 0.05) is 39.4 Å². The number of ether oxygens (including phenoxy) is 2. The molecule has 1 N–H and O–H groups in total. The van der Waals surface area contributed by atoms with Gasteiger partial charge in [-0.15, -0.1) is 0 Å². The molecule has 2 aliphatic rings. The summed E-state index contributed by atoms with van der Waals surface area (Å²) in [5, 5.41) is 3.80. The molecule has 0 aromatic rings. The molecule has 0 spiro atoms. The van der Waals surface area contributed by atoms with E-state index in [0.29, 0.717) is 12.1 Å². The van der Waals surface area contributed by atoms with E-state index in [1.165, 1.54) is 19.3 Å². The Hall–Kier alpha value is -0.160. The first-order valence-corrected chi connectivity index (χ1v) is 8.63. The summed E-state index contributed by atoms with van der Waals surface area (Å²) in [4.78, 5) is 2.62. The third-order valence-electron chi connectivity index (χ3n) is 5.35. The van der Waals surface area contributed by atoms with Crippen LogP contribution in [0.15, 0.2) is 0 Å². The number of hydrogen-bond acceptors (Lipinski definition) is 4. The first-order chi connectivity index (χ1) is 10.1. The predicted molar refractivity (Wildman–Crippen MR) is 86.6 cm³/mol. The molecule has 6 atom stereocenters. The lowest BCUT2D eigenvalue weighted by molar-refractivity contribution is -0.00461. The molecule has 1 aliphatic carbocycles. The van der Waals surface area contributed by atoms with Crippen LogP contribution in [0.3, 0.4) is 0 Å². The minimum absolute atomic E-state index is 0.216. The van der Waals surface area contributed by atoms with Crippen molar-refractivity contribution in [2.45, 2.75) is 64.3 Å². The molecule has 2 fully saturated rings. The molecule has 0 aromatic heterocycles. The SMILES string of the molecule is CCCNC1CC(C)CC(C)C1N1CC(OC)C(OC)C1. The van der Waals surface area contributed by atoms with Crippen LogP contribution in [0.1, 0.15) is 40.0 Å². The first kappa shape index (κ1) is 17.2. The van der Waals surface area contributed by atoms with Crippen molar-refractivity contribution in [1.29, 1.82) is 0 Å². The Morgan fingerprint density at radius 1 is 1.05 bits per heavy atom. The normalized spacial score (nSPS) is 41.6. The van der Waals surface area contributed by atoms with Gasteiger partial charge in [0.25, 0.3) is 0 Å². The van der Waals surface area contributed by atoms with Gasteiger partial charge in [0.15, 0.2) is 0 Å². The van der Waals surface area contributed by atoms with Crippen molar-refractivity contribution in [2.75, 3.05) is 33.9 Å². The molecule has 21 heavy (non-hydrogen) atoms. The van der Waals surface area contributed by atoms with E-state index >= 15 is 0 Å². The van der Waals surface area contributed by atoms with Crippen LogP contribution in [0.5, 0.6) is 0 Å². The van der Waals surface area contributed by atoms with E-state index in [2.05, 4.69) is 31.0 Å². The number of nitrogens with one attached hydrogen (secondary N) is 1. The average Bonchev–Trinajstić information content (AvgIpc) is 2.87. The number of rotatable bonds is 6. The van der Waals surface area contributed by atoms with Crippen molar-refractivity contribution in [1.82, 2.24) is 10.2 Å². The Balaban J connectivity index is 2.06. The van der Waals surface area contributed by atoms with Gasteiger partial charge >= 0.3 is 0 Å². The van der Waals surface area contributed by atoms with E-state index in [-0.39, 0.29) is 12.2 Å². The third-order valence-corrected chi connectivity index (χ3v) is 5.35. The fourth-order valence-corrected chi connectivity index (χ4v) is 4.46. The lowest BCUT2D eigenvalue weighted by Gasteiger charge is -2.45. The fourth-order valence-electron chi connectivity index (χ4n) is 4.46. The van der Waals surface area contributed by atoms with Gasteiger partial charge in [-0.3, -0.25) is 4.90 Å². The molecule has 0 radical (unpaired) electrons. The molecule has 0 bridgehead atoms. The molecule has 124 valence electrons. The summed E-state index contributed by atoms with van der Waals surface area (Å²) in [5.74, 6) is 1.56. The monoisotopic (exact) mass is 298 g/mol. The zero-order valence-corrected chi connectivity index (χ0v) is 14.5. The Bertz CT molecular complexity index is 301. The van der Waals surface area contributed by atoms with Gasteiger partial charge in [-0.05, 0) is 37.6 Å². The number of likely N-dealkylation sites (tertiary alicyclic amines) is 1. The minimum atomic E-state index is 0.216. The van der Waals surface area contributed by atoms with Gasteiger partial charge in [0.2, 0.25) is 0 Å². The second kappa shape index (κ2) is 7.91. The average molecular weight is 298 g/mol. The van der Waals surface area contributed by atoms with Crippen LogP contribution in [0.4, 0.5) is 0 Å². The molecule has 6 unspecified atom stereocenters. The van der Waals surface area contributed by atoms with E-state index in [4.69, 9.17) is 9.47 Å². The van der Waals surface area contributed by atoms with Crippen molar-refractivity contribution < 1.29 is 9.47 Å².